The molecule has 3 saturated heterocycles. The molecule has 16 nitrogen and oxygen atoms in total. The third kappa shape index (κ3) is 9.26. The van der Waals surface area contributed by atoms with Crippen LogP contribution in [0.1, 0.15) is 80.6 Å². The van der Waals surface area contributed by atoms with Crippen LogP contribution in [0.15, 0.2) is 77.4 Å². The van der Waals surface area contributed by atoms with Gasteiger partial charge in [-0.1, -0.05) is 44.1 Å². The van der Waals surface area contributed by atoms with Crippen LogP contribution >= 0.6 is 0 Å². The largest absolute Gasteiger partial charge is 0.495 e. The Kier molecular flexibility index (Phi) is 12.0. The molecule has 6 aromatic rings. The maximum atomic E-state index is 13.0. The maximum Gasteiger partial charge on any atom is 0.328 e. The monoisotopic (exact) mass is 879 g/mol. The van der Waals surface area contributed by atoms with Gasteiger partial charge in [-0.05, 0) is 97.8 Å². The molecule has 16 heteroatoms. The summed E-state index contributed by atoms with van der Waals surface area (Å²) in [7, 11) is 1.73. The van der Waals surface area contributed by atoms with Crippen molar-refractivity contribution in [1.29, 1.82) is 0 Å². The zero-order chi connectivity index (χ0) is 45.4. The molecule has 9 rings (SSSR count). The number of carbonyl (C=O) groups excluding carboxylic acids is 3. The lowest BCUT2D eigenvalue weighted by atomic mass is 9.95. The van der Waals surface area contributed by atoms with Gasteiger partial charge in [-0.2, -0.15) is 10.1 Å². The quantitative estimate of drug-likeness (QED) is 0.119. The van der Waals surface area contributed by atoms with Crippen molar-refractivity contribution in [3.05, 3.63) is 95.8 Å². The van der Waals surface area contributed by atoms with E-state index in [9.17, 15) is 14.4 Å². The number of aromatic amines is 1. The minimum atomic E-state index is -0.389. The Morgan fingerprint density at radius 3 is 2.32 bits per heavy atom. The average molecular weight is 880 g/mol. The van der Waals surface area contributed by atoms with Crippen LogP contribution in [0.25, 0.3) is 33.4 Å². The summed E-state index contributed by atoms with van der Waals surface area (Å²) in [6.45, 7) is 17.2. The molecule has 3 aliphatic rings. The van der Waals surface area contributed by atoms with Crippen molar-refractivity contribution in [3.63, 3.8) is 0 Å². The first-order valence-corrected chi connectivity index (χ1v) is 22.5. The van der Waals surface area contributed by atoms with Crippen LogP contribution < -0.4 is 30.1 Å². The van der Waals surface area contributed by atoms with E-state index in [-0.39, 0.29) is 35.1 Å². The second-order valence-corrected chi connectivity index (χ2v) is 18.5. The molecular formula is C49H57N11O5. The normalized spacial score (nSPS) is 17.1. The van der Waals surface area contributed by atoms with Crippen molar-refractivity contribution in [1.82, 2.24) is 40.9 Å². The summed E-state index contributed by atoms with van der Waals surface area (Å²) >= 11 is 0. The van der Waals surface area contributed by atoms with Crippen molar-refractivity contribution in [3.8, 4) is 28.1 Å². The number of ether oxygens (including phenoxy) is 1. The Hall–Kier alpha value is -6.81. The Balaban J connectivity index is 0.795. The smallest absolute Gasteiger partial charge is 0.328 e. The minimum Gasteiger partial charge on any atom is -0.495 e. The number of anilines is 3. The summed E-state index contributed by atoms with van der Waals surface area (Å²) in [4.78, 5) is 54.9. The summed E-state index contributed by atoms with van der Waals surface area (Å²) in [5.74, 6) is 1.31. The van der Waals surface area contributed by atoms with E-state index < -0.39 is 0 Å². The number of H-pyrrole nitrogens is 1. The number of carbonyl (C=O) groups is 3. The van der Waals surface area contributed by atoms with Gasteiger partial charge in [0.2, 0.25) is 11.8 Å². The fraction of sp³-hybridized carbons (Fsp3) is 0.408. The molecule has 3 N–H and O–H groups in total. The number of nitrogens with one attached hydrogen (secondary N) is 3. The van der Waals surface area contributed by atoms with E-state index in [1.165, 1.54) is 5.69 Å². The molecule has 3 aliphatic heterocycles. The fourth-order valence-corrected chi connectivity index (χ4v) is 9.24. The minimum absolute atomic E-state index is 0.0177. The number of aromatic nitrogens is 5. The number of benzene rings is 3. The van der Waals surface area contributed by atoms with Gasteiger partial charge in [0.15, 0.2) is 5.65 Å². The maximum absolute atomic E-state index is 13.0. The summed E-state index contributed by atoms with van der Waals surface area (Å²) in [6.07, 6.45) is 4.46. The third-order valence-corrected chi connectivity index (χ3v) is 13.0. The molecule has 0 radical (unpaired) electrons. The highest BCUT2D eigenvalue weighted by atomic mass is 16.5. The van der Waals surface area contributed by atoms with E-state index in [4.69, 9.17) is 14.2 Å². The van der Waals surface area contributed by atoms with E-state index in [1.54, 1.807) is 12.0 Å². The van der Waals surface area contributed by atoms with Crippen LogP contribution in [0.4, 0.5) is 21.9 Å². The van der Waals surface area contributed by atoms with Crippen molar-refractivity contribution in [2.45, 2.75) is 65.3 Å². The molecule has 6 heterocycles. The van der Waals surface area contributed by atoms with Crippen LogP contribution in [-0.2, 0) is 10.2 Å². The summed E-state index contributed by atoms with van der Waals surface area (Å²) < 4.78 is 11.3. The van der Waals surface area contributed by atoms with Crippen LogP contribution in [0.2, 0.25) is 0 Å². The van der Waals surface area contributed by atoms with Crippen molar-refractivity contribution < 1.29 is 23.6 Å². The molecule has 1 unspecified atom stereocenters. The zero-order valence-corrected chi connectivity index (χ0v) is 38.0. The summed E-state index contributed by atoms with van der Waals surface area (Å²) in [5, 5.41) is 17.9. The predicted molar refractivity (Wildman–Crippen MR) is 250 cm³/mol. The van der Waals surface area contributed by atoms with Crippen LogP contribution in [0.5, 0.6) is 5.75 Å². The molecule has 0 aliphatic carbocycles. The Morgan fingerprint density at radius 2 is 1.63 bits per heavy atom. The topological polar surface area (TPSA) is 178 Å². The molecule has 1 atom stereocenters. The van der Waals surface area contributed by atoms with Gasteiger partial charge in [-0.15, -0.1) is 0 Å². The Morgan fingerprint density at radius 1 is 0.892 bits per heavy atom. The number of amides is 4. The molecule has 0 spiro atoms. The number of aryl methyl sites for hydroxylation is 1. The number of imide groups is 1. The van der Waals surface area contributed by atoms with Crippen LogP contribution in [-0.4, -0.2) is 108 Å². The highest BCUT2D eigenvalue weighted by molar-refractivity contribution is 6.05. The van der Waals surface area contributed by atoms with Gasteiger partial charge in [-0.25, -0.2) is 9.78 Å². The number of piperazine rings is 1. The zero-order valence-electron chi connectivity index (χ0n) is 38.0. The molecular weight excluding hydrogens is 823 g/mol. The van der Waals surface area contributed by atoms with E-state index in [2.05, 4.69) is 88.1 Å². The lowest BCUT2D eigenvalue weighted by Crippen LogP contribution is -2.49. The predicted octanol–water partition coefficient (Wildman–Crippen LogP) is 7.27. The highest BCUT2D eigenvalue weighted by Crippen LogP contribution is 2.37. The van der Waals surface area contributed by atoms with Crippen LogP contribution in [0, 0.1) is 12.8 Å². The standard InChI is InChI=1S/C49H57N11O5/c1-30-25-34(7-13-38(30)31(2)51-46(62)45-53-47(65-56-45)49(3,4)5)43-39-26-35(28-50-44(39)55-54-43)33-8-14-40(41(27-33)64-6)59-23-21-57(22-24-59)29-32-15-18-58(19-16-32)36-9-11-37(12-10-36)60-20-17-42(61)52-48(60)63/h7-14,25-28,31-32H,15-24,29H2,1-6H3,(H,51,62)(H,50,54,55)(H,52,61,63). The lowest BCUT2D eigenvalue weighted by Gasteiger charge is -2.40. The molecule has 4 amide bonds. The van der Waals surface area contributed by atoms with Gasteiger partial charge in [-0.3, -0.25) is 29.8 Å². The second-order valence-electron chi connectivity index (χ2n) is 18.5. The van der Waals surface area contributed by atoms with Crippen molar-refractivity contribution >= 4 is 45.9 Å². The first-order chi connectivity index (χ1) is 31.3. The first kappa shape index (κ1) is 43.4. The Bertz CT molecular complexity index is 2710. The molecule has 338 valence electrons. The number of hydrogen-bond acceptors (Lipinski definition) is 12. The van der Waals surface area contributed by atoms with E-state index in [0.29, 0.717) is 30.4 Å². The van der Waals surface area contributed by atoms with E-state index in [1.807, 2.05) is 65.1 Å². The Labute approximate surface area is 378 Å². The highest BCUT2D eigenvalue weighted by Gasteiger charge is 2.28. The molecule has 65 heavy (non-hydrogen) atoms. The lowest BCUT2D eigenvalue weighted by molar-refractivity contribution is -0.120. The van der Waals surface area contributed by atoms with Gasteiger partial charge in [0.25, 0.3) is 11.7 Å². The fourth-order valence-electron chi connectivity index (χ4n) is 9.24. The van der Waals surface area contributed by atoms with E-state index >= 15 is 0 Å². The average Bonchev–Trinajstić information content (AvgIpc) is 3.99. The molecule has 0 saturated carbocycles. The summed E-state index contributed by atoms with van der Waals surface area (Å²) in [6, 6.07) is 22.2. The number of nitrogens with zero attached hydrogens (tertiary/aromatic N) is 8. The van der Waals surface area contributed by atoms with Gasteiger partial charge < -0.3 is 24.4 Å². The molecule has 3 aromatic carbocycles. The number of urea groups is 1. The molecule has 0 bridgehead atoms. The van der Waals surface area contributed by atoms with Gasteiger partial charge in [0.1, 0.15) is 5.75 Å². The number of hydrogen-bond donors (Lipinski definition) is 3. The van der Waals surface area contributed by atoms with Crippen molar-refractivity contribution in [2.24, 2.45) is 5.92 Å². The SMILES string of the molecule is COc1cc(-c2cnc3n[nH]c(-c4ccc(C(C)NC(=O)c5noc(C(C)(C)C)n5)c(C)c4)c3c2)ccc1N1CCN(CC2CCN(c3ccc(N4CCC(=O)NC4=O)cc3)CC2)CC1. The second kappa shape index (κ2) is 18.0. The van der Waals surface area contributed by atoms with Gasteiger partial charge >= 0.3 is 6.03 Å². The van der Waals surface area contributed by atoms with Gasteiger partial charge in [0, 0.05) is 98.3 Å². The van der Waals surface area contributed by atoms with Crippen LogP contribution in [0.3, 0.4) is 0 Å². The van der Waals surface area contributed by atoms with E-state index in [0.717, 1.165) is 115 Å². The number of rotatable bonds is 11. The number of pyridine rings is 1. The van der Waals surface area contributed by atoms with Gasteiger partial charge in [0.05, 0.1) is 24.5 Å². The molecule has 3 fully saturated rings. The number of fused-ring (bicyclic) bond motifs is 1. The molecule has 3 aromatic heterocycles. The third-order valence-electron chi connectivity index (χ3n) is 13.0. The summed E-state index contributed by atoms with van der Waals surface area (Å²) in [5.41, 5.74) is 9.14. The number of methoxy groups -OCH3 is 1. The number of piperidine rings is 1. The van der Waals surface area contributed by atoms with Crippen molar-refractivity contribution in [2.75, 3.05) is 74.2 Å². The first-order valence-electron chi connectivity index (χ1n) is 22.5.